The van der Waals surface area contributed by atoms with Crippen LogP contribution in [0.4, 0.5) is 17.1 Å². The first-order chi connectivity index (χ1) is 28.8. The predicted octanol–water partition coefficient (Wildman–Crippen LogP) is 16.0. The summed E-state index contributed by atoms with van der Waals surface area (Å²) in [5.74, 6) is 0. The Hall–Kier alpha value is -7.68. The summed E-state index contributed by atoms with van der Waals surface area (Å²) in [5, 5.41) is 7.01. The molecule has 0 bridgehead atoms. The van der Waals surface area contributed by atoms with Crippen LogP contribution in [0.2, 0.25) is 0 Å². The molecule has 2 heteroatoms. The summed E-state index contributed by atoms with van der Waals surface area (Å²) in [6, 6.07) is 80.5. The van der Waals surface area contributed by atoms with Crippen LogP contribution in [0.3, 0.4) is 0 Å². The van der Waals surface area contributed by atoms with Gasteiger partial charge in [0.1, 0.15) is 5.58 Å². The molecule has 58 heavy (non-hydrogen) atoms. The van der Waals surface area contributed by atoms with Crippen LogP contribution in [0, 0.1) is 0 Å². The monoisotopic (exact) mass is 739 g/mol. The molecule has 10 aromatic carbocycles. The summed E-state index contributed by atoms with van der Waals surface area (Å²) in [5.41, 5.74) is 14.0. The van der Waals surface area contributed by atoms with Gasteiger partial charge in [-0.05, 0) is 85.4 Å². The van der Waals surface area contributed by atoms with Crippen LogP contribution >= 0.6 is 0 Å². The average Bonchev–Trinajstić information content (AvgIpc) is 3.70. The fraction of sp³-hybridized carbons (Fsp3) is 0. The van der Waals surface area contributed by atoms with Crippen molar-refractivity contribution < 1.29 is 4.42 Å². The lowest BCUT2D eigenvalue weighted by Crippen LogP contribution is -2.11. The number of rotatable bonds is 7. The number of para-hydroxylation sites is 1. The van der Waals surface area contributed by atoms with E-state index in [1.54, 1.807) is 0 Å². The third-order valence-electron chi connectivity index (χ3n) is 11.5. The summed E-state index contributed by atoms with van der Waals surface area (Å²) in [6.45, 7) is 0. The van der Waals surface area contributed by atoms with Crippen LogP contribution in [-0.4, -0.2) is 0 Å². The Morgan fingerprint density at radius 3 is 1.57 bits per heavy atom. The highest BCUT2D eigenvalue weighted by Gasteiger charge is 2.25. The number of furan rings is 1. The summed E-state index contributed by atoms with van der Waals surface area (Å²) in [7, 11) is 0. The lowest BCUT2D eigenvalue weighted by molar-refractivity contribution is 0.670. The van der Waals surface area contributed by atoms with Crippen molar-refractivity contribution in [2.45, 2.75) is 0 Å². The van der Waals surface area contributed by atoms with Gasteiger partial charge in [0.05, 0.1) is 11.4 Å². The molecule has 0 atom stereocenters. The second-order valence-corrected chi connectivity index (χ2v) is 14.8. The van der Waals surface area contributed by atoms with Gasteiger partial charge in [-0.2, -0.15) is 0 Å². The number of nitrogens with zero attached hydrogens (tertiary/aromatic N) is 1. The highest BCUT2D eigenvalue weighted by atomic mass is 16.3. The van der Waals surface area contributed by atoms with Crippen molar-refractivity contribution >= 4 is 60.5 Å². The largest absolute Gasteiger partial charge is 0.453 e. The van der Waals surface area contributed by atoms with Crippen LogP contribution in [0.5, 0.6) is 0 Å². The average molecular weight is 740 g/mol. The summed E-state index contributed by atoms with van der Waals surface area (Å²) < 4.78 is 7.25. The second-order valence-electron chi connectivity index (χ2n) is 14.8. The van der Waals surface area contributed by atoms with Crippen LogP contribution in [0.15, 0.2) is 229 Å². The highest BCUT2D eigenvalue weighted by Crippen LogP contribution is 2.49. The van der Waals surface area contributed by atoms with Crippen LogP contribution < -0.4 is 4.90 Å². The predicted molar refractivity (Wildman–Crippen MR) is 245 cm³/mol. The van der Waals surface area contributed by atoms with Crippen molar-refractivity contribution in [3.63, 3.8) is 0 Å². The fourth-order valence-electron chi connectivity index (χ4n) is 8.70. The van der Waals surface area contributed by atoms with Crippen LogP contribution in [-0.2, 0) is 0 Å². The number of benzene rings is 10. The van der Waals surface area contributed by atoms with Crippen LogP contribution in [0.1, 0.15) is 0 Å². The van der Waals surface area contributed by atoms with E-state index in [1.807, 2.05) is 0 Å². The molecule has 0 fully saturated rings. The Bertz CT molecular complexity index is 3260. The zero-order chi connectivity index (χ0) is 38.4. The van der Waals surface area contributed by atoms with Gasteiger partial charge in [0.25, 0.3) is 0 Å². The minimum Gasteiger partial charge on any atom is -0.453 e. The maximum absolute atomic E-state index is 7.25. The van der Waals surface area contributed by atoms with Crippen molar-refractivity contribution in [1.29, 1.82) is 0 Å². The van der Waals surface area contributed by atoms with E-state index in [0.29, 0.717) is 0 Å². The standard InChI is InChI=1S/C56H37NO/c1-4-16-40(17-5-1)46-33-35-52(50-24-13-12-23-49(46)50)57(45-31-29-39(30-32-45)44-28-27-38-15-10-11-22-43(38)37-44)53-36-34-47(41-18-6-2-7-19-41)54-51-26-14-25-48(55(51)58-56(53)54)42-20-8-3-9-21-42/h1-37H. The molecule has 11 rings (SSSR count). The number of hydrogen-bond donors (Lipinski definition) is 0. The fourth-order valence-corrected chi connectivity index (χ4v) is 8.70. The zero-order valence-corrected chi connectivity index (χ0v) is 31.7. The van der Waals surface area contributed by atoms with E-state index in [2.05, 4.69) is 229 Å². The minimum atomic E-state index is 0.842. The van der Waals surface area contributed by atoms with Gasteiger partial charge in [-0.3, -0.25) is 0 Å². The van der Waals surface area contributed by atoms with E-state index in [1.165, 1.54) is 38.4 Å². The zero-order valence-electron chi connectivity index (χ0n) is 31.7. The number of anilines is 3. The maximum atomic E-state index is 7.25. The van der Waals surface area contributed by atoms with E-state index < -0.39 is 0 Å². The Labute approximate surface area is 337 Å². The van der Waals surface area contributed by atoms with E-state index in [-0.39, 0.29) is 0 Å². The quantitative estimate of drug-likeness (QED) is 0.162. The molecule has 0 unspecified atom stereocenters. The summed E-state index contributed by atoms with van der Waals surface area (Å²) in [4.78, 5) is 2.39. The number of hydrogen-bond acceptors (Lipinski definition) is 2. The van der Waals surface area contributed by atoms with Gasteiger partial charge in [0.15, 0.2) is 5.58 Å². The molecular formula is C56H37NO. The second kappa shape index (κ2) is 14.1. The molecule has 0 saturated heterocycles. The highest BCUT2D eigenvalue weighted by molar-refractivity contribution is 6.20. The molecule has 0 N–H and O–H groups in total. The molecule has 0 amide bonds. The maximum Gasteiger partial charge on any atom is 0.160 e. The molecule has 1 aromatic heterocycles. The first kappa shape index (κ1) is 33.6. The van der Waals surface area contributed by atoms with E-state index in [4.69, 9.17) is 4.42 Å². The van der Waals surface area contributed by atoms with E-state index >= 15 is 0 Å². The van der Waals surface area contributed by atoms with Gasteiger partial charge < -0.3 is 9.32 Å². The van der Waals surface area contributed by atoms with Crippen molar-refractivity contribution in [2.24, 2.45) is 0 Å². The topological polar surface area (TPSA) is 16.4 Å². The molecule has 0 saturated carbocycles. The molecule has 0 aliphatic carbocycles. The van der Waals surface area contributed by atoms with Gasteiger partial charge in [-0.1, -0.05) is 194 Å². The molecule has 0 aliphatic heterocycles. The van der Waals surface area contributed by atoms with E-state index in [9.17, 15) is 0 Å². The molecule has 1 heterocycles. The molecular weight excluding hydrogens is 703 g/mol. The number of fused-ring (bicyclic) bond motifs is 5. The molecule has 2 nitrogen and oxygen atoms in total. The molecule has 11 aromatic rings. The third kappa shape index (κ3) is 5.74. The summed E-state index contributed by atoms with van der Waals surface area (Å²) in [6.07, 6.45) is 0. The summed E-state index contributed by atoms with van der Waals surface area (Å²) >= 11 is 0. The molecule has 272 valence electrons. The minimum absolute atomic E-state index is 0.842. The Morgan fingerprint density at radius 1 is 0.293 bits per heavy atom. The van der Waals surface area contributed by atoms with Crippen molar-refractivity contribution in [3.05, 3.63) is 224 Å². The molecule has 0 radical (unpaired) electrons. The van der Waals surface area contributed by atoms with Gasteiger partial charge in [-0.15, -0.1) is 0 Å². The first-order valence-corrected chi connectivity index (χ1v) is 19.8. The molecule has 0 spiro atoms. The van der Waals surface area contributed by atoms with Gasteiger partial charge >= 0.3 is 0 Å². The lowest BCUT2D eigenvalue weighted by Gasteiger charge is -2.28. The van der Waals surface area contributed by atoms with Gasteiger partial charge in [0, 0.05) is 27.4 Å². The van der Waals surface area contributed by atoms with E-state index in [0.717, 1.165) is 66.6 Å². The van der Waals surface area contributed by atoms with Crippen molar-refractivity contribution in [1.82, 2.24) is 0 Å². The van der Waals surface area contributed by atoms with Crippen LogP contribution in [0.25, 0.3) is 88.0 Å². The smallest absolute Gasteiger partial charge is 0.160 e. The lowest BCUT2D eigenvalue weighted by atomic mass is 9.95. The van der Waals surface area contributed by atoms with Gasteiger partial charge in [0.2, 0.25) is 0 Å². The van der Waals surface area contributed by atoms with Crippen molar-refractivity contribution in [2.75, 3.05) is 4.90 Å². The van der Waals surface area contributed by atoms with Gasteiger partial charge in [-0.25, -0.2) is 0 Å². The first-order valence-electron chi connectivity index (χ1n) is 19.8. The van der Waals surface area contributed by atoms with Crippen molar-refractivity contribution in [3.8, 4) is 44.5 Å². The Morgan fingerprint density at radius 2 is 0.845 bits per heavy atom. The Kier molecular flexibility index (Phi) is 8.19. The Balaban J connectivity index is 1.18. The SMILES string of the molecule is c1ccc(-c2ccc(N(c3ccc(-c4ccc5ccccc5c4)cc3)c3ccc(-c4ccccc4)c4c3oc3c(-c5ccccc5)cccc34)c3ccccc23)cc1. The third-order valence-corrected chi connectivity index (χ3v) is 11.5. The molecule has 0 aliphatic rings. The normalized spacial score (nSPS) is 11.4.